The quantitative estimate of drug-likeness (QED) is 0.745. The molecule has 1 fully saturated rings. The highest BCUT2D eigenvalue weighted by atomic mass is 35.5. The number of pyridine rings is 1. The summed E-state index contributed by atoms with van der Waals surface area (Å²) in [5.41, 5.74) is -0.0384. The standard InChI is InChI=1S/C13H14ClFN4O2/c14-11-7(6-16)5-8(15)12(19-11)17-9-3-1-2-4-10(9)18-13(20)21/h5,9-10,18H,1-4H2,(H,17,19)(H,20,21). The van der Waals surface area contributed by atoms with Gasteiger partial charge in [-0.25, -0.2) is 14.2 Å². The van der Waals surface area contributed by atoms with Crippen molar-refractivity contribution in [3.05, 3.63) is 22.6 Å². The van der Waals surface area contributed by atoms with Gasteiger partial charge in [-0.1, -0.05) is 24.4 Å². The van der Waals surface area contributed by atoms with E-state index in [1.165, 1.54) is 0 Å². The minimum Gasteiger partial charge on any atom is -0.465 e. The van der Waals surface area contributed by atoms with Crippen LogP contribution in [0, 0.1) is 17.1 Å². The second-order valence-electron chi connectivity index (χ2n) is 4.86. The fourth-order valence-electron chi connectivity index (χ4n) is 2.46. The third-order valence-electron chi connectivity index (χ3n) is 3.45. The van der Waals surface area contributed by atoms with E-state index in [1.54, 1.807) is 6.07 Å². The summed E-state index contributed by atoms with van der Waals surface area (Å²) < 4.78 is 13.9. The first-order valence-corrected chi connectivity index (χ1v) is 6.91. The summed E-state index contributed by atoms with van der Waals surface area (Å²) in [6, 6.07) is 2.19. The second kappa shape index (κ2) is 6.59. The van der Waals surface area contributed by atoms with Crippen molar-refractivity contribution in [2.75, 3.05) is 5.32 Å². The van der Waals surface area contributed by atoms with Crippen molar-refractivity contribution < 1.29 is 14.3 Å². The summed E-state index contributed by atoms with van der Waals surface area (Å²) in [6.07, 6.45) is 2.09. The number of nitrogens with zero attached hydrogens (tertiary/aromatic N) is 2. The normalized spacial score (nSPS) is 21.4. The Kier molecular flexibility index (Phi) is 4.81. The maximum Gasteiger partial charge on any atom is 0.404 e. The summed E-state index contributed by atoms with van der Waals surface area (Å²) in [5, 5.41) is 22.8. The largest absolute Gasteiger partial charge is 0.465 e. The zero-order valence-corrected chi connectivity index (χ0v) is 11.8. The molecule has 21 heavy (non-hydrogen) atoms. The van der Waals surface area contributed by atoms with Crippen LogP contribution in [0.3, 0.4) is 0 Å². The molecule has 112 valence electrons. The topological polar surface area (TPSA) is 98.0 Å². The van der Waals surface area contributed by atoms with Gasteiger partial charge in [0.25, 0.3) is 0 Å². The van der Waals surface area contributed by atoms with Crippen molar-refractivity contribution in [1.29, 1.82) is 5.26 Å². The van der Waals surface area contributed by atoms with E-state index in [4.69, 9.17) is 22.0 Å². The lowest BCUT2D eigenvalue weighted by atomic mass is 9.90. The van der Waals surface area contributed by atoms with Gasteiger partial charge in [-0.05, 0) is 18.9 Å². The van der Waals surface area contributed by atoms with Gasteiger partial charge in [-0.15, -0.1) is 0 Å². The Labute approximate surface area is 125 Å². The van der Waals surface area contributed by atoms with Crippen LogP contribution in [0.2, 0.25) is 5.15 Å². The van der Waals surface area contributed by atoms with Crippen LogP contribution in [-0.4, -0.2) is 28.3 Å². The van der Waals surface area contributed by atoms with Gasteiger partial charge in [0.1, 0.15) is 11.2 Å². The van der Waals surface area contributed by atoms with Gasteiger partial charge >= 0.3 is 6.09 Å². The van der Waals surface area contributed by atoms with E-state index < -0.39 is 11.9 Å². The highest BCUT2D eigenvalue weighted by Crippen LogP contribution is 2.25. The van der Waals surface area contributed by atoms with Crippen LogP contribution in [0.5, 0.6) is 0 Å². The average molecular weight is 313 g/mol. The fourth-order valence-corrected chi connectivity index (χ4v) is 2.64. The predicted octanol–water partition coefficient (Wildman–Crippen LogP) is 2.74. The molecule has 1 aromatic heterocycles. The molecule has 3 N–H and O–H groups in total. The molecule has 0 aromatic carbocycles. The van der Waals surface area contributed by atoms with Crippen LogP contribution in [0.4, 0.5) is 15.0 Å². The fraction of sp³-hybridized carbons (Fsp3) is 0.462. The summed E-state index contributed by atoms with van der Waals surface area (Å²) in [6.45, 7) is 0. The Morgan fingerprint density at radius 2 is 2.14 bits per heavy atom. The lowest BCUT2D eigenvalue weighted by molar-refractivity contribution is 0.184. The van der Waals surface area contributed by atoms with Crippen molar-refractivity contribution in [3.63, 3.8) is 0 Å². The third kappa shape index (κ3) is 3.73. The highest BCUT2D eigenvalue weighted by molar-refractivity contribution is 6.30. The number of rotatable bonds is 3. The van der Waals surface area contributed by atoms with Crippen molar-refractivity contribution in [1.82, 2.24) is 10.3 Å². The molecule has 0 saturated heterocycles. The van der Waals surface area contributed by atoms with E-state index in [-0.39, 0.29) is 28.6 Å². The van der Waals surface area contributed by atoms with Gasteiger partial charge in [0.15, 0.2) is 11.6 Å². The Morgan fingerprint density at radius 1 is 1.48 bits per heavy atom. The molecule has 1 amide bonds. The number of aromatic nitrogens is 1. The number of hydrogen-bond acceptors (Lipinski definition) is 4. The van der Waals surface area contributed by atoms with Gasteiger partial charge in [-0.2, -0.15) is 5.26 Å². The van der Waals surface area contributed by atoms with Crippen LogP contribution < -0.4 is 10.6 Å². The van der Waals surface area contributed by atoms with E-state index in [2.05, 4.69) is 15.6 Å². The van der Waals surface area contributed by atoms with Crippen LogP contribution in [0.1, 0.15) is 31.2 Å². The third-order valence-corrected chi connectivity index (χ3v) is 3.74. The van der Waals surface area contributed by atoms with Crippen molar-refractivity contribution in [2.45, 2.75) is 37.8 Å². The molecule has 2 rings (SSSR count). The number of anilines is 1. The minimum atomic E-state index is -1.11. The van der Waals surface area contributed by atoms with Crippen LogP contribution in [0.15, 0.2) is 6.07 Å². The van der Waals surface area contributed by atoms with Crippen molar-refractivity contribution in [2.24, 2.45) is 0 Å². The molecular weight excluding hydrogens is 299 g/mol. The van der Waals surface area contributed by atoms with Gasteiger partial charge in [0, 0.05) is 6.04 Å². The molecular formula is C13H14ClFN4O2. The first-order chi connectivity index (χ1) is 10.0. The lowest BCUT2D eigenvalue weighted by Gasteiger charge is -2.32. The number of hydrogen-bond donors (Lipinski definition) is 3. The smallest absolute Gasteiger partial charge is 0.404 e. The SMILES string of the molecule is N#Cc1cc(F)c(NC2CCCCC2NC(=O)O)nc1Cl. The van der Waals surface area contributed by atoms with Gasteiger partial charge in [0.05, 0.1) is 11.6 Å². The molecule has 0 spiro atoms. The number of carboxylic acid groups (broad SMARTS) is 1. The lowest BCUT2D eigenvalue weighted by Crippen LogP contribution is -2.48. The minimum absolute atomic E-state index is 0.0384. The van der Waals surface area contributed by atoms with Crippen LogP contribution >= 0.6 is 11.6 Å². The molecule has 2 unspecified atom stereocenters. The Bertz CT molecular complexity index is 590. The highest BCUT2D eigenvalue weighted by Gasteiger charge is 2.27. The molecule has 0 aliphatic heterocycles. The first kappa shape index (κ1) is 15.3. The molecule has 1 saturated carbocycles. The predicted molar refractivity (Wildman–Crippen MR) is 74.7 cm³/mol. The molecule has 6 nitrogen and oxygen atoms in total. The zero-order chi connectivity index (χ0) is 15.4. The molecule has 1 aliphatic carbocycles. The Balaban J connectivity index is 2.17. The Hall–Kier alpha value is -2.07. The van der Waals surface area contributed by atoms with E-state index in [1.807, 2.05) is 0 Å². The Morgan fingerprint density at radius 3 is 2.76 bits per heavy atom. The number of amides is 1. The van der Waals surface area contributed by atoms with Crippen LogP contribution in [0.25, 0.3) is 0 Å². The van der Waals surface area contributed by atoms with Crippen LogP contribution in [-0.2, 0) is 0 Å². The molecule has 1 aromatic rings. The summed E-state index contributed by atoms with van der Waals surface area (Å²) >= 11 is 5.79. The zero-order valence-electron chi connectivity index (χ0n) is 11.1. The monoisotopic (exact) mass is 312 g/mol. The van der Waals surface area contributed by atoms with Gasteiger partial charge < -0.3 is 15.7 Å². The molecule has 2 atom stereocenters. The van der Waals surface area contributed by atoms with E-state index >= 15 is 0 Å². The summed E-state index contributed by atoms with van der Waals surface area (Å²) in [4.78, 5) is 14.6. The molecule has 8 heteroatoms. The number of nitriles is 1. The van der Waals surface area contributed by atoms with Crippen molar-refractivity contribution >= 4 is 23.5 Å². The van der Waals surface area contributed by atoms with Crippen molar-refractivity contribution in [3.8, 4) is 6.07 Å². The summed E-state index contributed by atoms with van der Waals surface area (Å²) in [7, 11) is 0. The molecule has 0 radical (unpaired) electrons. The average Bonchev–Trinajstić information content (AvgIpc) is 2.44. The number of carbonyl (C=O) groups is 1. The molecule has 1 aliphatic rings. The van der Waals surface area contributed by atoms with Gasteiger partial charge in [0.2, 0.25) is 0 Å². The maximum absolute atomic E-state index is 13.9. The van der Waals surface area contributed by atoms with Gasteiger partial charge in [-0.3, -0.25) is 0 Å². The summed E-state index contributed by atoms with van der Waals surface area (Å²) in [5.74, 6) is -0.751. The number of nitrogens with one attached hydrogen (secondary N) is 2. The maximum atomic E-state index is 13.9. The number of halogens is 2. The second-order valence-corrected chi connectivity index (χ2v) is 5.22. The first-order valence-electron chi connectivity index (χ1n) is 6.53. The molecule has 0 bridgehead atoms. The van der Waals surface area contributed by atoms with E-state index in [0.29, 0.717) is 12.8 Å². The van der Waals surface area contributed by atoms with E-state index in [0.717, 1.165) is 18.9 Å². The van der Waals surface area contributed by atoms with E-state index in [9.17, 15) is 9.18 Å². The molecule has 1 heterocycles.